The third kappa shape index (κ3) is 4.42. The quantitative estimate of drug-likeness (QED) is 0.882. The fourth-order valence-electron chi connectivity index (χ4n) is 3.51. The Balaban J connectivity index is 1.54. The molecule has 126 valence electrons. The summed E-state index contributed by atoms with van der Waals surface area (Å²) in [7, 11) is 0. The Labute approximate surface area is 143 Å². The van der Waals surface area contributed by atoms with Crippen LogP contribution in [0, 0.1) is 0 Å². The predicted molar refractivity (Wildman–Crippen MR) is 94.4 cm³/mol. The van der Waals surface area contributed by atoms with Gasteiger partial charge in [0.05, 0.1) is 5.56 Å². The number of rotatable bonds is 6. The van der Waals surface area contributed by atoms with E-state index in [1.807, 2.05) is 30.6 Å². The van der Waals surface area contributed by atoms with E-state index in [2.05, 4.69) is 22.0 Å². The van der Waals surface area contributed by atoms with Gasteiger partial charge in [0.25, 0.3) is 0 Å². The molecule has 1 atom stereocenters. The lowest BCUT2D eigenvalue weighted by molar-refractivity contribution is 0.0696. The van der Waals surface area contributed by atoms with Gasteiger partial charge in [0.15, 0.2) is 0 Å². The second-order valence-electron chi connectivity index (χ2n) is 6.54. The SMILES string of the molecule is O=C(O)c1cccc(C2CCCN(CCCc3cccnc3)C2)c1. The van der Waals surface area contributed by atoms with Crippen LogP contribution in [0.5, 0.6) is 0 Å². The van der Waals surface area contributed by atoms with Crippen LogP contribution in [0.1, 0.15) is 46.7 Å². The maximum atomic E-state index is 11.2. The number of hydrogen-bond acceptors (Lipinski definition) is 3. The Morgan fingerprint density at radius 3 is 3.00 bits per heavy atom. The van der Waals surface area contributed by atoms with Gasteiger partial charge in [-0.15, -0.1) is 0 Å². The molecule has 0 spiro atoms. The zero-order valence-corrected chi connectivity index (χ0v) is 13.9. The fraction of sp³-hybridized carbons (Fsp3) is 0.400. The average molecular weight is 324 g/mol. The number of carboxylic acids is 1. The monoisotopic (exact) mass is 324 g/mol. The molecule has 1 aliphatic rings. The van der Waals surface area contributed by atoms with Crippen LogP contribution in [0.3, 0.4) is 0 Å². The molecule has 1 aromatic heterocycles. The lowest BCUT2D eigenvalue weighted by Crippen LogP contribution is -2.35. The van der Waals surface area contributed by atoms with Gasteiger partial charge in [-0.1, -0.05) is 18.2 Å². The molecule has 1 unspecified atom stereocenters. The smallest absolute Gasteiger partial charge is 0.335 e. The van der Waals surface area contributed by atoms with E-state index < -0.39 is 5.97 Å². The van der Waals surface area contributed by atoms with E-state index in [4.69, 9.17) is 5.11 Å². The summed E-state index contributed by atoms with van der Waals surface area (Å²) in [5, 5.41) is 9.17. The molecular formula is C20H24N2O2. The van der Waals surface area contributed by atoms with Crippen molar-refractivity contribution < 1.29 is 9.90 Å². The van der Waals surface area contributed by atoms with Crippen LogP contribution in [0.25, 0.3) is 0 Å². The van der Waals surface area contributed by atoms with E-state index in [1.165, 1.54) is 12.0 Å². The van der Waals surface area contributed by atoms with Gasteiger partial charge in [-0.3, -0.25) is 4.98 Å². The molecule has 2 aromatic rings. The number of hydrogen-bond donors (Lipinski definition) is 1. The van der Waals surface area contributed by atoms with Gasteiger partial charge in [-0.2, -0.15) is 0 Å². The van der Waals surface area contributed by atoms with Crippen LogP contribution in [0.15, 0.2) is 48.8 Å². The number of piperidine rings is 1. The van der Waals surface area contributed by atoms with Crippen LogP contribution in [0.4, 0.5) is 0 Å². The summed E-state index contributed by atoms with van der Waals surface area (Å²) in [5.74, 6) is -0.405. The topological polar surface area (TPSA) is 53.4 Å². The van der Waals surface area contributed by atoms with Crippen molar-refractivity contribution in [3.63, 3.8) is 0 Å². The molecule has 1 saturated heterocycles. The zero-order valence-electron chi connectivity index (χ0n) is 13.9. The van der Waals surface area contributed by atoms with Gasteiger partial charge < -0.3 is 10.0 Å². The molecule has 2 heterocycles. The summed E-state index contributed by atoms with van der Waals surface area (Å²) in [4.78, 5) is 17.8. The van der Waals surface area contributed by atoms with Crippen molar-refractivity contribution in [3.8, 4) is 0 Å². The first-order chi connectivity index (χ1) is 11.7. The number of carbonyl (C=O) groups is 1. The highest BCUT2D eigenvalue weighted by Gasteiger charge is 2.21. The first-order valence-corrected chi connectivity index (χ1v) is 8.67. The van der Waals surface area contributed by atoms with Gasteiger partial charge in [0.2, 0.25) is 0 Å². The molecule has 0 aliphatic carbocycles. The Bertz CT molecular complexity index is 672. The normalized spacial score (nSPS) is 18.4. The Morgan fingerprint density at radius 2 is 2.21 bits per heavy atom. The highest BCUT2D eigenvalue weighted by molar-refractivity contribution is 5.87. The second kappa shape index (κ2) is 8.06. The van der Waals surface area contributed by atoms with Crippen LogP contribution in [0.2, 0.25) is 0 Å². The molecule has 3 rings (SSSR count). The first kappa shape index (κ1) is 16.7. The van der Waals surface area contributed by atoms with Crippen molar-refractivity contribution in [2.45, 2.75) is 31.6 Å². The number of carboxylic acid groups (broad SMARTS) is 1. The minimum absolute atomic E-state index is 0.390. The van der Waals surface area contributed by atoms with Gasteiger partial charge >= 0.3 is 5.97 Å². The summed E-state index contributed by atoms with van der Waals surface area (Å²) < 4.78 is 0. The Morgan fingerprint density at radius 1 is 1.29 bits per heavy atom. The summed E-state index contributed by atoms with van der Waals surface area (Å²) in [6.45, 7) is 3.25. The highest BCUT2D eigenvalue weighted by Crippen LogP contribution is 2.27. The number of benzene rings is 1. The molecule has 1 N–H and O–H groups in total. The maximum absolute atomic E-state index is 11.2. The van der Waals surface area contributed by atoms with Crippen LogP contribution < -0.4 is 0 Å². The van der Waals surface area contributed by atoms with Gasteiger partial charge in [-0.05, 0) is 74.0 Å². The predicted octanol–water partition coefficient (Wildman–Crippen LogP) is 3.59. The molecule has 24 heavy (non-hydrogen) atoms. The standard InChI is InChI=1S/C20H24N2O2/c23-20(24)18-8-1-7-17(13-18)19-9-4-12-22(15-19)11-3-6-16-5-2-10-21-14-16/h1-2,5,7-8,10,13-14,19H,3-4,6,9,11-12,15H2,(H,23,24). The number of likely N-dealkylation sites (tertiary alicyclic amines) is 1. The van der Waals surface area contributed by atoms with E-state index in [9.17, 15) is 4.79 Å². The molecule has 0 bridgehead atoms. The molecule has 0 radical (unpaired) electrons. The number of pyridine rings is 1. The van der Waals surface area contributed by atoms with Crippen molar-refractivity contribution in [3.05, 3.63) is 65.5 Å². The summed E-state index contributed by atoms with van der Waals surface area (Å²) in [5.41, 5.74) is 2.84. The average Bonchev–Trinajstić information content (AvgIpc) is 2.63. The van der Waals surface area contributed by atoms with Crippen LogP contribution in [-0.4, -0.2) is 40.6 Å². The molecule has 4 heteroatoms. The number of aromatic nitrogens is 1. The van der Waals surface area contributed by atoms with Crippen molar-refractivity contribution in [1.29, 1.82) is 0 Å². The molecule has 0 saturated carbocycles. The zero-order chi connectivity index (χ0) is 16.8. The molecule has 0 amide bonds. The van der Waals surface area contributed by atoms with E-state index in [1.54, 1.807) is 6.07 Å². The molecule has 1 aliphatic heterocycles. The van der Waals surface area contributed by atoms with E-state index >= 15 is 0 Å². The van der Waals surface area contributed by atoms with Crippen molar-refractivity contribution in [1.82, 2.24) is 9.88 Å². The van der Waals surface area contributed by atoms with Gasteiger partial charge in [0, 0.05) is 18.9 Å². The van der Waals surface area contributed by atoms with E-state index in [0.29, 0.717) is 11.5 Å². The van der Waals surface area contributed by atoms with Gasteiger partial charge in [-0.25, -0.2) is 4.79 Å². The molecule has 1 fully saturated rings. The summed E-state index contributed by atoms with van der Waals surface area (Å²) in [6.07, 6.45) is 8.26. The van der Waals surface area contributed by atoms with Crippen LogP contribution >= 0.6 is 0 Å². The van der Waals surface area contributed by atoms with E-state index in [0.717, 1.165) is 44.5 Å². The highest BCUT2D eigenvalue weighted by atomic mass is 16.4. The number of aryl methyl sites for hydroxylation is 1. The second-order valence-corrected chi connectivity index (χ2v) is 6.54. The van der Waals surface area contributed by atoms with Crippen molar-refractivity contribution in [2.75, 3.05) is 19.6 Å². The third-order valence-electron chi connectivity index (χ3n) is 4.77. The third-order valence-corrected chi connectivity index (χ3v) is 4.77. The molecular weight excluding hydrogens is 300 g/mol. The van der Waals surface area contributed by atoms with Gasteiger partial charge in [0.1, 0.15) is 0 Å². The minimum atomic E-state index is -0.846. The lowest BCUT2D eigenvalue weighted by atomic mass is 9.89. The minimum Gasteiger partial charge on any atom is -0.478 e. The largest absolute Gasteiger partial charge is 0.478 e. The van der Waals surface area contributed by atoms with Crippen molar-refractivity contribution in [2.24, 2.45) is 0 Å². The lowest BCUT2D eigenvalue weighted by Gasteiger charge is -2.33. The Kier molecular flexibility index (Phi) is 5.59. The summed E-state index contributed by atoms with van der Waals surface area (Å²) in [6, 6.07) is 11.5. The van der Waals surface area contributed by atoms with E-state index in [-0.39, 0.29) is 0 Å². The maximum Gasteiger partial charge on any atom is 0.335 e. The Hall–Kier alpha value is -2.20. The fourth-order valence-corrected chi connectivity index (χ4v) is 3.51. The first-order valence-electron chi connectivity index (χ1n) is 8.67. The molecule has 1 aromatic carbocycles. The summed E-state index contributed by atoms with van der Waals surface area (Å²) >= 11 is 0. The molecule has 4 nitrogen and oxygen atoms in total. The number of nitrogens with zero attached hydrogens (tertiary/aromatic N) is 2. The number of aromatic carboxylic acids is 1. The van der Waals surface area contributed by atoms with Crippen LogP contribution in [-0.2, 0) is 6.42 Å². The van der Waals surface area contributed by atoms with Crippen molar-refractivity contribution >= 4 is 5.97 Å².